The van der Waals surface area contributed by atoms with Gasteiger partial charge in [-0.25, -0.2) is 0 Å². The van der Waals surface area contributed by atoms with Crippen LogP contribution in [-0.2, 0) is 33.7 Å². The van der Waals surface area contributed by atoms with Crippen molar-refractivity contribution in [2.45, 2.75) is 31.2 Å². The zero-order valence-corrected chi connectivity index (χ0v) is 18.4. The Kier molecular flexibility index (Phi) is 7.80. The third-order valence-corrected chi connectivity index (χ3v) is 6.37. The summed E-state index contributed by atoms with van der Waals surface area (Å²) in [6.07, 6.45) is 1.53. The molecule has 0 bridgehead atoms. The Morgan fingerprint density at radius 1 is 0.767 bits per heavy atom. The van der Waals surface area contributed by atoms with Crippen molar-refractivity contribution in [2.24, 2.45) is 0 Å². The van der Waals surface area contributed by atoms with Crippen LogP contribution in [0.5, 0.6) is 0 Å². The van der Waals surface area contributed by atoms with Gasteiger partial charge in [-0.05, 0) is 55.6 Å². The Morgan fingerprint density at radius 2 is 1.37 bits per heavy atom. The van der Waals surface area contributed by atoms with Gasteiger partial charge in [-0.15, -0.1) is 0 Å². The molecule has 5 heteroatoms. The number of rotatable bonds is 10. The van der Waals surface area contributed by atoms with E-state index in [1.165, 1.54) is 11.1 Å². The fraction of sp³-hybridized carbons (Fsp3) is 0.280. The van der Waals surface area contributed by atoms with Crippen LogP contribution in [0.15, 0.2) is 83.8 Å². The molecule has 158 valence electrons. The molecule has 30 heavy (non-hydrogen) atoms. The first kappa shape index (κ1) is 22.2. The molecule has 0 radical (unpaired) electrons. The summed E-state index contributed by atoms with van der Waals surface area (Å²) in [6, 6.07) is 25.5. The van der Waals surface area contributed by atoms with Crippen molar-refractivity contribution >= 4 is 10.1 Å². The fourth-order valence-electron chi connectivity index (χ4n) is 3.21. The van der Waals surface area contributed by atoms with Crippen molar-refractivity contribution in [3.8, 4) is 0 Å². The number of likely N-dealkylation sites (N-methyl/N-ethyl adjacent to an activating group) is 1. The number of hydrogen-bond acceptors (Lipinski definition) is 4. The van der Waals surface area contributed by atoms with Crippen LogP contribution in [0.2, 0.25) is 0 Å². The van der Waals surface area contributed by atoms with E-state index in [1.807, 2.05) is 25.1 Å². The van der Waals surface area contributed by atoms with Gasteiger partial charge in [-0.3, -0.25) is 4.18 Å². The molecule has 3 aromatic rings. The van der Waals surface area contributed by atoms with Gasteiger partial charge in [-0.2, -0.15) is 8.42 Å². The summed E-state index contributed by atoms with van der Waals surface area (Å²) >= 11 is 0. The van der Waals surface area contributed by atoms with Crippen molar-refractivity contribution in [3.05, 3.63) is 101 Å². The molecule has 0 aromatic heterocycles. The lowest BCUT2D eigenvalue weighted by atomic mass is 10.1. The molecular weight excluding hydrogens is 394 g/mol. The van der Waals surface area contributed by atoms with Crippen LogP contribution >= 0.6 is 0 Å². The maximum atomic E-state index is 12.2. The first-order valence-electron chi connectivity index (χ1n) is 10.2. The van der Waals surface area contributed by atoms with Crippen molar-refractivity contribution in [3.63, 3.8) is 0 Å². The molecule has 0 aliphatic rings. The Morgan fingerprint density at radius 3 is 2.00 bits per heavy atom. The first-order chi connectivity index (χ1) is 14.4. The summed E-state index contributed by atoms with van der Waals surface area (Å²) in [6.45, 7) is 3.97. The van der Waals surface area contributed by atoms with Crippen LogP contribution in [0.4, 0.5) is 0 Å². The van der Waals surface area contributed by atoms with Gasteiger partial charge in [0.25, 0.3) is 10.1 Å². The number of aryl methyl sites for hydroxylation is 1. The van der Waals surface area contributed by atoms with E-state index in [1.54, 1.807) is 24.3 Å². The smallest absolute Gasteiger partial charge is 0.296 e. The van der Waals surface area contributed by atoms with Crippen molar-refractivity contribution in [1.29, 1.82) is 0 Å². The first-order valence-corrected chi connectivity index (χ1v) is 11.6. The van der Waals surface area contributed by atoms with E-state index in [0.29, 0.717) is 6.42 Å². The summed E-state index contributed by atoms with van der Waals surface area (Å²) in [5.41, 5.74) is 4.67. The van der Waals surface area contributed by atoms with Crippen molar-refractivity contribution < 1.29 is 12.6 Å². The lowest BCUT2D eigenvalue weighted by Crippen LogP contribution is -2.20. The topological polar surface area (TPSA) is 46.6 Å². The Balaban J connectivity index is 1.43. The molecule has 0 saturated heterocycles. The molecule has 0 unspecified atom stereocenters. The van der Waals surface area contributed by atoms with Crippen LogP contribution in [0.1, 0.15) is 22.3 Å². The predicted molar refractivity (Wildman–Crippen MR) is 121 cm³/mol. The summed E-state index contributed by atoms with van der Waals surface area (Å²) in [5.74, 6) is 0. The van der Waals surface area contributed by atoms with Gasteiger partial charge in [0.15, 0.2) is 0 Å². The summed E-state index contributed by atoms with van der Waals surface area (Å²) < 4.78 is 29.7. The van der Waals surface area contributed by atoms with E-state index in [-0.39, 0.29) is 11.5 Å². The van der Waals surface area contributed by atoms with E-state index in [0.717, 1.165) is 30.6 Å². The molecule has 0 aliphatic heterocycles. The molecule has 0 amide bonds. The van der Waals surface area contributed by atoms with Crippen LogP contribution < -0.4 is 0 Å². The third kappa shape index (κ3) is 6.80. The van der Waals surface area contributed by atoms with E-state index in [9.17, 15) is 8.42 Å². The molecule has 0 aliphatic carbocycles. The minimum absolute atomic E-state index is 0.134. The van der Waals surface area contributed by atoms with E-state index in [2.05, 4.69) is 48.3 Å². The van der Waals surface area contributed by atoms with Gasteiger partial charge < -0.3 is 4.90 Å². The lowest BCUT2D eigenvalue weighted by Gasteiger charge is -2.16. The highest BCUT2D eigenvalue weighted by molar-refractivity contribution is 7.86. The van der Waals surface area contributed by atoms with Gasteiger partial charge in [0.1, 0.15) is 0 Å². The molecule has 4 nitrogen and oxygen atoms in total. The minimum atomic E-state index is -3.70. The highest BCUT2D eigenvalue weighted by Crippen LogP contribution is 2.14. The third-order valence-electron chi connectivity index (χ3n) is 5.04. The van der Waals surface area contributed by atoms with E-state index < -0.39 is 10.1 Å². The number of hydrogen-bond donors (Lipinski definition) is 0. The van der Waals surface area contributed by atoms with Gasteiger partial charge in [0, 0.05) is 13.1 Å². The van der Waals surface area contributed by atoms with Crippen molar-refractivity contribution in [1.82, 2.24) is 4.90 Å². The highest BCUT2D eigenvalue weighted by atomic mass is 32.2. The lowest BCUT2D eigenvalue weighted by molar-refractivity contribution is 0.322. The van der Waals surface area contributed by atoms with Gasteiger partial charge in [0.05, 0.1) is 11.5 Å². The molecule has 3 rings (SSSR count). The molecular formula is C25H29NO3S. The predicted octanol–water partition coefficient (Wildman–Crippen LogP) is 4.62. The standard InChI is InChI=1S/C25H29NO3S/c1-21-8-14-25(15-9-21)30(27,28)29-19-17-23-12-10-22(11-13-23)16-18-26(2)20-24-6-4-3-5-7-24/h3-15H,16-20H2,1-2H3. The molecule has 3 aromatic carbocycles. The molecule has 0 heterocycles. The zero-order valence-electron chi connectivity index (χ0n) is 17.6. The summed E-state index contributed by atoms with van der Waals surface area (Å²) in [5, 5.41) is 0. The number of nitrogens with zero attached hydrogens (tertiary/aromatic N) is 1. The van der Waals surface area contributed by atoms with Gasteiger partial charge in [-0.1, -0.05) is 72.3 Å². The second-order valence-electron chi connectivity index (χ2n) is 7.63. The normalized spacial score (nSPS) is 11.7. The summed E-state index contributed by atoms with van der Waals surface area (Å²) in [7, 11) is -1.57. The second kappa shape index (κ2) is 10.5. The number of benzene rings is 3. The average Bonchev–Trinajstić information content (AvgIpc) is 2.74. The quantitative estimate of drug-likeness (QED) is 0.447. The zero-order chi connectivity index (χ0) is 21.4. The van der Waals surface area contributed by atoms with Crippen LogP contribution in [-0.4, -0.2) is 33.5 Å². The summed E-state index contributed by atoms with van der Waals surface area (Å²) in [4.78, 5) is 2.51. The second-order valence-corrected chi connectivity index (χ2v) is 9.24. The monoisotopic (exact) mass is 423 g/mol. The van der Waals surface area contributed by atoms with Crippen molar-refractivity contribution in [2.75, 3.05) is 20.2 Å². The maximum absolute atomic E-state index is 12.2. The Bertz CT molecular complexity index is 1010. The fourth-order valence-corrected chi connectivity index (χ4v) is 4.12. The molecule has 0 saturated carbocycles. The molecule has 0 N–H and O–H groups in total. The van der Waals surface area contributed by atoms with Crippen LogP contribution in [0.25, 0.3) is 0 Å². The Hall–Kier alpha value is -2.47. The van der Waals surface area contributed by atoms with Crippen LogP contribution in [0.3, 0.4) is 0 Å². The minimum Gasteiger partial charge on any atom is -0.302 e. The SMILES string of the molecule is Cc1ccc(S(=O)(=O)OCCc2ccc(CCN(C)Cc3ccccc3)cc2)cc1. The highest BCUT2D eigenvalue weighted by Gasteiger charge is 2.14. The van der Waals surface area contributed by atoms with Gasteiger partial charge in [0.2, 0.25) is 0 Å². The molecule has 0 atom stereocenters. The molecule has 0 fully saturated rings. The van der Waals surface area contributed by atoms with E-state index >= 15 is 0 Å². The van der Waals surface area contributed by atoms with Crippen LogP contribution in [0, 0.1) is 6.92 Å². The van der Waals surface area contributed by atoms with Gasteiger partial charge >= 0.3 is 0 Å². The largest absolute Gasteiger partial charge is 0.302 e. The Labute approximate surface area is 180 Å². The van der Waals surface area contributed by atoms with E-state index in [4.69, 9.17) is 4.18 Å². The molecule has 0 spiro atoms. The maximum Gasteiger partial charge on any atom is 0.296 e. The average molecular weight is 424 g/mol.